The van der Waals surface area contributed by atoms with Crippen molar-refractivity contribution in [3.63, 3.8) is 0 Å². The van der Waals surface area contributed by atoms with Gasteiger partial charge in [-0.25, -0.2) is 9.78 Å². The predicted octanol–water partition coefficient (Wildman–Crippen LogP) is 7.38. The number of carbonyl (C=O) groups is 1. The Hall–Kier alpha value is -3.29. The molecule has 1 unspecified atom stereocenters. The maximum absolute atomic E-state index is 13.2. The zero-order chi connectivity index (χ0) is 29.8. The van der Waals surface area contributed by atoms with Crippen LogP contribution in [0, 0.1) is 0 Å². The zero-order valence-electron chi connectivity index (χ0n) is 24.5. The van der Waals surface area contributed by atoms with Gasteiger partial charge in [0.25, 0.3) is 0 Å². The van der Waals surface area contributed by atoms with Crippen molar-refractivity contribution < 1.29 is 18.8 Å². The molecule has 1 aromatic heterocycles. The fraction of sp³-hybridized carbons (Fsp3) is 0.433. The molecule has 9 nitrogen and oxygen atoms in total. The Morgan fingerprint density at radius 2 is 1.78 bits per heavy atom. The van der Waals surface area contributed by atoms with Crippen molar-refractivity contribution in [2.45, 2.75) is 52.1 Å². The Balaban J connectivity index is 1.53. The number of para-hydroxylation sites is 2. The second-order valence-corrected chi connectivity index (χ2v) is 15.0. The molecule has 4 rings (SSSR count). The molecule has 11 heteroatoms. The Bertz CT molecular complexity index is 1440. The monoisotopic (exact) mass is 599 g/mol. The van der Waals surface area contributed by atoms with E-state index in [0.717, 1.165) is 29.4 Å². The van der Waals surface area contributed by atoms with Gasteiger partial charge in [0.2, 0.25) is 5.95 Å². The number of nitrogens with zero attached hydrogens (tertiary/aromatic N) is 3. The average Bonchev–Trinajstić information content (AvgIpc) is 2.94. The molecular weight excluding hydrogens is 561 g/mol. The lowest BCUT2D eigenvalue weighted by Crippen LogP contribution is -2.41. The molecule has 1 aliphatic heterocycles. The number of anilines is 4. The number of methoxy groups -OCH3 is 1. The van der Waals surface area contributed by atoms with Crippen LogP contribution in [0.25, 0.3) is 0 Å². The van der Waals surface area contributed by atoms with E-state index in [9.17, 15) is 9.36 Å². The van der Waals surface area contributed by atoms with Crippen LogP contribution in [0.5, 0.6) is 5.75 Å². The summed E-state index contributed by atoms with van der Waals surface area (Å²) in [6.07, 6.45) is 3.38. The highest BCUT2D eigenvalue weighted by molar-refractivity contribution is 7.71. The number of ether oxygens (including phenoxy) is 2. The average molecular weight is 600 g/mol. The van der Waals surface area contributed by atoms with Gasteiger partial charge < -0.3 is 29.6 Å². The second-order valence-electron chi connectivity index (χ2n) is 11.2. The number of benzene rings is 2. The standard InChI is InChI=1S/C30H39ClN5O4P/c1-7-41(6,38)25-14-9-8-12-23(25)33-27-22(31)19-32-28(35-27)34-24-13-10-11-21(26(24)39-5)20-15-17-36(18-16-20)29(37)40-30(2,3)4/h8-14,19-20H,7,15-18H2,1-6H3,(H2,32,33,34,35). The molecule has 2 heterocycles. The van der Waals surface area contributed by atoms with E-state index in [1.807, 2.05) is 64.1 Å². The van der Waals surface area contributed by atoms with Crippen molar-refractivity contribution in [3.05, 3.63) is 59.2 Å². The van der Waals surface area contributed by atoms with Crippen LogP contribution < -0.4 is 20.7 Å². The van der Waals surface area contributed by atoms with Gasteiger partial charge in [-0.05, 0) is 70.0 Å². The van der Waals surface area contributed by atoms with E-state index in [0.29, 0.717) is 47.5 Å². The van der Waals surface area contributed by atoms with E-state index in [2.05, 4.69) is 26.7 Å². The number of likely N-dealkylation sites (tertiary alicyclic amines) is 1. The number of rotatable bonds is 8. The Kier molecular flexibility index (Phi) is 9.50. The number of aromatic nitrogens is 2. The molecule has 0 bridgehead atoms. The van der Waals surface area contributed by atoms with Crippen molar-refractivity contribution in [1.29, 1.82) is 0 Å². The quantitative estimate of drug-likeness (QED) is 0.258. The lowest BCUT2D eigenvalue weighted by atomic mass is 9.88. The topological polar surface area (TPSA) is 106 Å². The first-order chi connectivity index (χ1) is 19.4. The zero-order valence-corrected chi connectivity index (χ0v) is 26.2. The van der Waals surface area contributed by atoms with E-state index in [1.54, 1.807) is 18.7 Å². The summed E-state index contributed by atoms with van der Waals surface area (Å²) in [6.45, 7) is 10.5. The van der Waals surface area contributed by atoms with Gasteiger partial charge in [-0.2, -0.15) is 4.98 Å². The summed E-state index contributed by atoms with van der Waals surface area (Å²) in [4.78, 5) is 23.3. The number of nitrogens with one attached hydrogen (secondary N) is 2. The highest BCUT2D eigenvalue weighted by atomic mass is 35.5. The third kappa shape index (κ3) is 7.52. The lowest BCUT2D eigenvalue weighted by molar-refractivity contribution is 0.0204. The molecule has 1 fully saturated rings. The van der Waals surface area contributed by atoms with Gasteiger partial charge in [-0.1, -0.05) is 42.8 Å². The Morgan fingerprint density at radius 1 is 1.10 bits per heavy atom. The van der Waals surface area contributed by atoms with Gasteiger partial charge >= 0.3 is 6.09 Å². The van der Waals surface area contributed by atoms with Gasteiger partial charge in [0.05, 0.1) is 24.7 Å². The van der Waals surface area contributed by atoms with Gasteiger partial charge in [-0.15, -0.1) is 0 Å². The number of carbonyl (C=O) groups excluding carboxylic acids is 1. The molecule has 1 atom stereocenters. The number of halogens is 1. The maximum Gasteiger partial charge on any atom is 0.410 e. The van der Waals surface area contributed by atoms with Gasteiger partial charge in [-0.3, -0.25) is 0 Å². The normalized spacial score (nSPS) is 15.6. The van der Waals surface area contributed by atoms with E-state index < -0.39 is 12.7 Å². The number of piperidine rings is 1. The van der Waals surface area contributed by atoms with E-state index >= 15 is 0 Å². The van der Waals surface area contributed by atoms with Crippen molar-refractivity contribution in [1.82, 2.24) is 14.9 Å². The molecular formula is C30H39ClN5O4P. The van der Waals surface area contributed by atoms with Gasteiger partial charge in [0.15, 0.2) is 5.82 Å². The summed E-state index contributed by atoms with van der Waals surface area (Å²) in [5.74, 6) is 1.65. The molecule has 0 radical (unpaired) electrons. The van der Waals surface area contributed by atoms with Crippen LogP contribution in [0.2, 0.25) is 5.02 Å². The minimum absolute atomic E-state index is 0.216. The summed E-state index contributed by atoms with van der Waals surface area (Å²) in [5.41, 5.74) is 1.95. The minimum atomic E-state index is -2.54. The van der Waals surface area contributed by atoms with Crippen molar-refractivity contribution >= 4 is 53.3 Å². The van der Waals surface area contributed by atoms with E-state index in [4.69, 9.17) is 21.1 Å². The molecule has 0 aliphatic carbocycles. The highest BCUT2D eigenvalue weighted by Gasteiger charge is 2.29. The highest BCUT2D eigenvalue weighted by Crippen LogP contribution is 2.43. The molecule has 1 amide bonds. The van der Waals surface area contributed by atoms with Crippen LogP contribution in [-0.4, -0.2) is 59.6 Å². The Morgan fingerprint density at radius 3 is 2.44 bits per heavy atom. The van der Waals surface area contributed by atoms with Crippen molar-refractivity contribution in [2.75, 3.05) is 43.7 Å². The van der Waals surface area contributed by atoms with Crippen LogP contribution in [0.3, 0.4) is 0 Å². The summed E-state index contributed by atoms with van der Waals surface area (Å²) < 4.78 is 24.6. The van der Waals surface area contributed by atoms with Gasteiger partial charge in [0.1, 0.15) is 23.5 Å². The van der Waals surface area contributed by atoms with Crippen LogP contribution in [0.4, 0.5) is 27.9 Å². The summed E-state index contributed by atoms with van der Waals surface area (Å²) in [5, 5.41) is 7.62. The number of amides is 1. The summed E-state index contributed by atoms with van der Waals surface area (Å²) >= 11 is 6.46. The minimum Gasteiger partial charge on any atom is -0.494 e. The first-order valence-corrected chi connectivity index (χ1v) is 16.5. The molecule has 0 saturated carbocycles. The fourth-order valence-electron chi connectivity index (χ4n) is 4.83. The Labute approximate surface area is 247 Å². The SMILES string of the molecule is CCP(C)(=O)c1ccccc1Nc1nc(Nc2cccc(C3CCN(C(=O)OC(C)(C)C)CC3)c2OC)ncc1Cl. The summed E-state index contributed by atoms with van der Waals surface area (Å²) in [7, 11) is -0.899. The number of hydrogen-bond acceptors (Lipinski definition) is 8. The second kappa shape index (κ2) is 12.7. The van der Waals surface area contributed by atoms with Crippen LogP contribution in [0.1, 0.15) is 52.0 Å². The van der Waals surface area contributed by atoms with Crippen molar-refractivity contribution in [2.24, 2.45) is 0 Å². The molecule has 2 N–H and O–H groups in total. The van der Waals surface area contributed by atoms with E-state index in [1.165, 1.54) is 6.20 Å². The molecule has 3 aromatic rings. The number of hydrogen-bond donors (Lipinski definition) is 2. The summed E-state index contributed by atoms with van der Waals surface area (Å²) in [6, 6.07) is 13.4. The third-order valence-corrected chi connectivity index (χ3v) is 9.99. The molecule has 0 spiro atoms. The molecule has 1 saturated heterocycles. The first-order valence-electron chi connectivity index (χ1n) is 13.8. The van der Waals surface area contributed by atoms with Crippen LogP contribution in [-0.2, 0) is 9.30 Å². The van der Waals surface area contributed by atoms with Crippen LogP contribution in [0.15, 0.2) is 48.7 Å². The third-order valence-electron chi connectivity index (χ3n) is 7.10. The smallest absolute Gasteiger partial charge is 0.410 e. The predicted molar refractivity (Wildman–Crippen MR) is 167 cm³/mol. The largest absolute Gasteiger partial charge is 0.494 e. The maximum atomic E-state index is 13.2. The molecule has 41 heavy (non-hydrogen) atoms. The van der Waals surface area contributed by atoms with Crippen molar-refractivity contribution in [3.8, 4) is 5.75 Å². The first kappa shape index (κ1) is 30.7. The lowest BCUT2D eigenvalue weighted by Gasteiger charge is -2.34. The van der Waals surface area contributed by atoms with Gasteiger partial charge in [0, 0.05) is 24.6 Å². The fourth-order valence-corrected chi connectivity index (χ4v) is 6.35. The molecule has 220 valence electrons. The van der Waals surface area contributed by atoms with E-state index in [-0.39, 0.29) is 12.0 Å². The van der Waals surface area contributed by atoms with Crippen LogP contribution >= 0.6 is 18.7 Å². The molecule has 2 aromatic carbocycles. The molecule has 1 aliphatic rings.